The van der Waals surface area contributed by atoms with E-state index in [9.17, 15) is 13.2 Å². The van der Waals surface area contributed by atoms with Crippen LogP contribution in [0.25, 0.3) is 0 Å². The van der Waals surface area contributed by atoms with E-state index in [-0.39, 0.29) is 12.0 Å². The third kappa shape index (κ3) is 6.05. The molecule has 1 N–H and O–H groups in total. The third-order valence-electron chi connectivity index (χ3n) is 3.85. The predicted octanol–water partition coefficient (Wildman–Crippen LogP) is 3.37. The summed E-state index contributed by atoms with van der Waals surface area (Å²) in [6.07, 6.45) is -1.13. The van der Waals surface area contributed by atoms with Crippen LogP contribution in [0.2, 0.25) is 0 Å². The molecule has 1 aliphatic carbocycles. The van der Waals surface area contributed by atoms with Gasteiger partial charge in [-0.05, 0) is 30.6 Å². The van der Waals surface area contributed by atoms with E-state index in [1.807, 2.05) is 0 Å². The molecule has 0 spiro atoms. The van der Waals surface area contributed by atoms with Crippen LogP contribution >= 0.6 is 0 Å². The van der Waals surface area contributed by atoms with Crippen LogP contribution in [0.1, 0.15) is 40.0 Å². The smallest absolute Gasteiger partial charge is 0.372 e. The van der Waals surface area contributed by atoms with Crippen molar-refractivity contribution in [1.82, 2.24) is 5.32 Å². The van der Waals surface area contributed by atoms with E-state index in [1.54, 1.807) is 0 Å². The number of alkyl halides is 3. The number of halogens is 3. The van der Waals surface area contributed by atoms with Crippen molar-refractivity contribution in [3.63, 3.8) is 0 Å². The summed E-state index contributed by atoms with van der Waals surface area (Å²) in [4.78, 5) is 0. The number of hydrogen-bond acceptors (Lipinski definition) is 2. The summed E-state index contributed by atoms with van der Waals surface area (Å²) in [5, 5.41) is 3.46. The molecule has 0 heterocycles. The highest BCUT2D eigenvalue weighted by atomic mass is 19.4. The van der Waals surface area contributed by atoms with Crippen LogP contribution < -0.4 is 5.32 Å². The van der Waals surface area contributed by atoms with Gasteiger partial charge in [0.05, 0.1) is 0 Å². The van der Waals surface area contributed by atoms with Crippen molar-refractivity contribution in [2.75, 3.05) is 19.8 Å². The van der Waals surface area contributed by atoms with Gasteiger partial charge in [-0.3, -0.25) is 0 Å². The van der Waals surface area contributed by atoms with Gasteiger partial charge in [0.25, 0.3) is 0 Å². The van der Waals surface area contributed by atoms with Gasteiger partial charge in [-0.15, -0.1) is 0 Å². The van der Waals surface area contributed by atoms with Gasteiger partial charge >= 0.3 is 6.18 Å². The second-order valence-corrected chi connectivity index (χ2v) is 5.88. The first-order valence-corrected chi connectivity index (χ1v) is 6.61. The highest BCUT2D eigenvalue weighted by Crippen LogP contribution is 2.32. The third-order valence-corrected chi connectivity index (χ3v) is 3.85. The standard InChI is InChI=1S/C13H24F3NO/c1-10(2)12(3,8-17-11-4-5-11)6-7-18-9-13(14,15)16/h10-11,17H,4-9H2,1-3H3. The van der Waals surface area contributed by atoms with Crippen LogP contribution in [0.3, 0.4) is 0 Å². The first-order chi connectivity index (χ1) is 8.23. The maximum atomic E-state index is 12.0. The normalized spacial score (nSPS) is 20.2. The molecule has 1 fully saturated rings. The Bertz CT molecular complexity index is 251. The van der Waals surface area contributed by atoms with Crippen molar-refractivity contribution in [2.45, 2.75) is 52.3 Å². The zero-order valence-corrected chi connectivity index (χ0v) is 11.4. The van der Waals surface area contributed by atoms with Crippen LogP contribution in [0.4, 0.5) is 13.2 Å². The lowest BCUT2D eigenvalue weighted by Gasteiger charge is -2.34. The molecular weight excluding hydrogens is 243 g/mol. The maximum absolute atomic E-state index is 12.0. The second kappa shape index (κ2) is 6.24. The summed E-state index contributed by atoms with van der Waals surface area (Å²) in [6, 6.07) is 0.624. The molecule has 0 amide bonds. The minimum Gasteiger partial charge on any atom is -0.372 e. The van der Waals surface area contributed by atoms with Crippen molar-refractivity contribution in [1.29, 1.82) is 0 Å². The SMILES string of the molecule is CC(C)C(C)(CCOCC(F)(F)F)CNC1CC1. The Labute approximate surface area is 107 Å². The van der Waals surface area contributed by atoms with Crippen LogP contribution in [-0.2, 0) is 4.74 Å². The topological polar surface area (TPSA) is 21.3 Å². The summed E-state index contributed by atoms with van der Waals surface area (Å²) in [6.45, 7) is 6.21. The second-order valence-electron chi connectivity index (χ2n) is 5.88. The Hall–Kier alpha value is -0.290. The molecule has 1 atom stereocenters. The molecule has 0 radical (unpaired) electrons. The molecule has 0 bridgehead atoms. The van der Waals surface area contributed by atoms with Gasteiger partial charge in [-0.25, -0.2) is 0 Å². The fourth-order valence-electron chi connectivity index (χ4n) is 1.74. The van der Waals surface area contributed by atoms with Crippen LogP contribution in [0.5, 0.6) is 0 Å². The predicted molar refractivity (Wildman–Crippen MR) is 65.5 cm³/mol. The first kappa shape index (κ1) is 15.8. The van der Waals surface area contributed by atoms with Crippen molar-refractivity contribution < 1.29 is 17.9 Å². The lowest BCUT2D eigenvalue weighted by molar-refractivity contribution is -0.175. The Kier molecular flexibility index (Phi) is 5.46. The van der Waals surface area contributed by atoms with Gasteiger partial charge in [0.2, 0.25) is 0 Å². The number of ether oxygens (including phenoxy) is 1. The van der Waals surface area contributed by atoms with Crippen LogP contribution in [0.15, 0.2) is 0 Å². The Morgan fingerprint density at radius 2 is 1.89 bits per heavy atom. The first-order valence-electron chi connectivity index (χ1n) is 6.61. The average molecular weight is 267 g/mol. The van der Waals surface area contributed by atoms with Crippen molar-refractivity contribution in [3.05, 3.63) is 0 Å². The minimum absolute atomic E-state index is 0.00577. The summed E-state index contributed by atoms with van der Waals surface area (Å²) in [5.41, 5.74) is -0.00577. The summed E-state index contributed by atoms with van der Waals surface area (Å²) >= 11 is 0. The highest BCUT2D eigenvalue weighted by Gasteiger charge is 2.32. The molecule has 1 unspecified atom stereocenters. The molecule has 0 aliphatic heterocycles. The zero-order chi connectivity index (χ0) is 13.8. The van der Waals surface area contributed by atoms with Crippen molar-refractivity contribution >= 4 is 0 Å². The van der Waals surface area contributed by atoms with E-state index in [1.165, 1.54) is 12.8 Å². The number of nitrogens with one attached hydrogen (secondary N) is 1. The Morgan fingerprint density at radius 3 is 2.33 bits per heavy atom. The van der Waals surface area contributed by atoms with Crippen molar-refractivity contribution in [3.8, 4) is 0 Å². The van der Waals surface area contributed by atoms with Gasteiger partial charge < -0.3 is 10.1 Å². The summed E-state index contributed by atoms with van der Waals surface area (Å²) in [5.74, 6) is 0.415. The molecular formula is C13H24F3NO. The summed E-state index contributed by atoms with van der Waals surface area (Å²) < 4.78 is 40.6. The van der Waals surface area contributed by atoms with Gasteiger partial charge in [0.15, 0.2) is 0 Å². The van der Waals surface area contributed by atoms with Gasteiger partial charge in [-0.1, -0.05) is 20.8 Å². The lowest BCUT2D eigenvalue weighted by atomic mass is 9.76. The molecule has 0 aromatic carbocycles. The molecule has 18 heavy (non-hydrogen) atoms. The van der Waals surface area contributed by atoms with Gasteiger partial charge in [-0.2, -0.15) is 13.2 Å². The molecule has 0 aromatic heterocycles. The molecule has 2 nitrogen and oxygen atoms in total. The zero-order valence-electron chi connectivity index (χ0n) is 11.4. The fourth-order valence-corrected chi connectivity index (χ4v) is 1.74. The minimum atomic E-state index is -4.22. The van der Waals surface area contributed by atoms with E-state index in [0.29, 0.717) is 18.4 Å². The van der Waals surface area contributed by atoms with E-state index >= 15 is 0 Å². The monoisotopic (exact) mass is 267 g/mol. The molecule has 0 saturated heterocycles. The maximum Gasteiger partial charge on any atom is 0.411 e. The quantitative estimate of drug-likeness (QED) is 0.681. The van der Waals surface area contributed by atoms with E-state index < -0.39 is 12.8 Å². The number of rotatable bonds is 8. The Morgan fingerprint density at radius 1 is 1.28 bits per heavy atom. The largest absolute Gasteiger partial charge is 0.411 e. The van der Waals surface area contributed by atoms with Crippen LogP contribution in [-0.4, -0.2) is 32.0 Å². The lowest BCUT2D eigenvalue weighted by Crippen LogP contribution is -2.38. The van der Waals surface area contributed by atoms with E-state index in [0.717, 1.165) is 6.54 Å². The molecule has 1 saturated carbocycles. The average Bonchev–Trinajstić information content (AvgIpc) is 3.04. The highest BCUT2D eigenvalue weighted by molar-refractivity contribution is 4.87. The van der Waals surface area contributed by atoms with Gasteiger partial charge in [0, 0.05) is 19.2 Å². The van der Waals surface area contributed by atoms with Crippen LogP contribution in [0, 0.1) is 11.3 Å². The van der Waals surface area contributed by atoms with E-state index in [2.05, 4.69) is 26.1 Å². The molecule has 5 heteroatoms. The van der Waals surface area contributed by atoms with E-state index in [4.69, 9.17) is 4.74 Å². The van der Waals surface area contributed by atoms with Crippen molar-refractivity contribution in [2.24, 2.45) is 11.3 Å². The number of hydrogen-bond donors (Lipinski definition) is 1. The molecule has 0 aromatic rings. The van der Waals surface area contributed by atoms with Gasteiger partial charge in [0.1, 0.15) is 6.61 Å². The molecule has 108 valence electrons. The fraction of sp³-hybridized carbons (Fsp3) is 1.00. The molecule has 1 rings (SSSR count). The summed E-state index contributed by atoms with van der Waals surface area (Å²) in [7, 11) is 0. The Balaban J connectivity index is 2.27. The molecule has 1 aliphatic rings.